The summed E-state index contributed by atoms with van der Waals surface area (Å²) in [6, 6.07) is 5.88. The third kappa shape index (κ3) is 3.00. The summed E-state index contributed by atoms with van der Waals surface area (Å²) in [5, 5.41) is 3.69. The van der Waals surface area contributed by atoms with E-state index in [0.29, 0.717) is 12.1 Å². The zero-order valence-corrected chi connectivity index (χ0v) is 14.7. The van der Waals surface area contributed by atoms with Crippen molar-refractivity contribution >= 4 is 5.82 Å². The zero-order chi connectivity index (χ0) is 16.7. The van der Waals surface area contributed by atoms with Gasteiger partial charge in [-0.1, -0.05) is 0 Å². The molecule has 3 heterocycles. The lowest BCUT2D eigenvalue weighted by Crippen LogP contribution is -2.31. The van der Waals surface area contributed by atoms with Crippen LogP contribution in [0, 0.1) is 13.8 Å². The van der Waals surface area contributed by atoms with Gasteiger partial charge >= 0.3 is 0 Å². The molecule has 2 aromatic rings. The van der Waals surface area contributed by atoms with Gasteiger partial charge in [0.2, 0.25) is 0 Å². The fourth-order valence-electron chi connectivity index (χ4n) is 3.67. The molecule has 126 valence electrons. The molecule has 2 unspecified atom stereocenters. The van der Waals surface area contributed by atoms with E-state index >= 15 is 0 Å². The largest absolute Gasteiger partial charge is 0.366 e. The molecule has 1 aliphatic carbocycles. The van der Waals surface area contributed by atoms with Gasteiger partial charge in [-0.05, 0) is 52.2 Å². The van der Waals surface area contributed by atoms with Gasteiger partial charge in [0.1, 0.15) is 5.82 Å². The lowest BCUT2D eigenvalue weighted by molar-refractivity contribution is 0.257. The van der Waals surface area contributed by atoms with E-state index in [4.69, 9.17) is 4.98 Å². The average Bonchev–Trinajstić information content (AvgIpc) is 3.36. The van der Waals surface area contributed by atoms with Crippen LogP contribution < -0.4 is 5.32 Å². The minimum atomic E-state index is 0.471. The number of likely N-dealkylation sites (tertiary alicyclic amines) is 1. The van der Waals surface area contributed by atoms with Crippen molar-refractivity contribution in [2.75, 3.05) is 11.9 Å². The zero-order valence-electron chi connectivity index (χ0n) is 14.7. The maximum atomic E-state index is 4.81. The number of rotatable bonds is 4. The van der Waals surface area contributed by atoms with Gasteiger partial charge in [-0.25, -0.2) is 9.97 Å². The molecule has 2 atom stereocenters. The Balaban J connectivity index is 1.57. The molecule has 4 rings (SSSR count). The molecule has 2 aromatic heterocycles. The monoisotopic (exact) mass is 323 g/mol. The first kappa shape index (κ1) is 15.5. The summed E-state index contributed by atoms with van der Waals surface area (Å²) in [5.74, 6) is 1.75. The van der Waals surface area contributed by atoms with Gasteiger partial charge < -0.3 is 5.32 Å². The number of hydrogen-bond donors (Lipinski definition) is 1. The summed E-state index contributed by atoms with van der Waals surface area (Å²) in [6.07, 6.45) is 7.49. The summed E-state index contributed by atoms with van der Waals surface area (Å²) in [6.45, 7) is 7.63. The van der Waals surface area contributed by atoms with Crippen molar-refractivity contribution in [3.05, 3.63) is 35.8 Å². The van der Waals surface area contributed by atoms with Crippen LogP contribution in [0.5, 0.6) is 0 Å². The van der Waals surface area contributed by atoms with Crippen LogP contribution in [0.25, 0.3) is 11.4 Å². The summed E-state index contributed by atoms with van der Waals surface area (Å²) in [5.41, 5.74) is 3.19. The fraction of sp³-hybridized carbons (Fsp3) is 0.526. The Bertz CT molecular complexity index is 726. The lowest BCUT2D eigenvalue weighted by Gasteiger charge is -2.20. The number of hydrogen-bond acceptors (Lipinski definition) is 5. The number of pyridine rings is 1. The first-order valence-corrected chi connectivity index (χ1v) is 8.89. The molecule has 2 fully saturated rings. The Morgan fingerprint density at radius 2 is 1.88 bits per heavy atom. The van der Waals surface area contributed by atoms with E-state index in [1.807, 2.05) is 12.1 Å². The molecule has 1 saturated heterocycles. The molecule has 24 heavy (non-hydrogen) atoms. The fourth-order valence-corrected chi connectivity index (χ4v) is 3.67. The van der Waals surface area contributed by atoms with Crippen molar-refractivity contribution in [3.63, 3.8) is 0 Å². The van der Waals surface area contributed by atoms with Gasteiger partial charge in [0.05, 0.1) is 0 Å². The highest BCUT2D eigenvalue weighted by Crippen LogP contribution is 2.34. The van der Waals surface area contributed by atoms with Crippen molar-refractivity contribution in [1.82, 2.24) is 19.9 Å². The number of nitrogens with zero attached hydrogens (tertiary/aromatic N) is 4. The highest BCUT2D eigenvalue weighted by molar-refractivity contribution is 5.59. The third-order valence-electron chi connectivity index (χ3n) is 5.31. The Morgan fingerprint density at radius 3 is 2.58 bits per heavy atom. The number of aryl methyl sites for hydroxylation is 1. The van der Waals surface area contributed by atoms with E-state index in [-0.39, 0.29) is 0 Å². The van der Waals surface area contributed by atoms with Crippen LogP contribution in [0.15, 0.2) is 24.5 Å². The van der Waals surface area contributed by atoms with Crippen LogP contribution in [0.3, 0.4) is 0 Å². The van der Waals surface area contributed by atoms with Gasteiger partial charge in [-0.15, -0.1) is 0 Å². The predicted octanol–water partition coefficient (Wildman–Crippen LogP) is 3.19. The molecule has 0 amide bonds. The molecule has 1 aliphatic heterocycles. The van der Waals surface area contributed by atoms with Crippen LogP contribution in [0.2, 0.25) is 0 Å². The molecular formula is C19H25N5. The molecule has 0 bridgehead atoms. The molecule has 2 aliphatic rings. The maximum absolute atomic E-state index is 4.81. The van der Waals surface area contributed by atoms with E-state index in [1.165, 1.54) is 19.3 Å². The quantitative estimate of drug-likeness (QED) is 0.936. The van der Waals surface area contributed by atoms with Crippen LogP contribution >= 0.6 is 0 Å². The first-order valence-electron chi connectivity index (χ1n) is 8.89. The number of aromatic nitrogens is 3. The standard InChI is InChI=1S/C19H25N5/c1-12-10-16(11-24(12)17-4-5-17)22-18-13(2)14(3)21-19(23-18)15-6-8-20-9-7-15/h6-9,12,16-17H,4-5,10-11H2,1-3H3,(H,21,22,23). The van der Waals surface area contributed by atoms with Crippen molar-refractivity contribution in [2.45, 2.75) is 58.2 Å². The number of nitrogens with one attached hydrogen (secondary N) is 1. The summed E-state index contributed by atoms with van der Waals surface area (Å²) < 4.78 is 0. The predicted molar refractivity (Wildman–Crippen MR) is 96.0 cm³/mol. The summed E-state index contributed by atoms with van der Waals surface area (Å²) in [4.78, 5) is 16.2. The molecule has 1 saturated carbocycles. The molecule has 5 nitrogen and oxygen atoms in total. The third-order valence-corrected chi connectivity index (χ3v) is 5.31. The first-order chi connectivity index (χ1) is 11.6. The minimum absolute atomic E-state index is 0.471. The maximum Gasteiger partial charge on any atom is 0.161 e. The molecular weight excluding hydrogens is 298 g/mol. The Kier molecular flexibility index (Phi) is 3.96. The highest BCUT2D eigenvalue weighted by Gasteiger charge is 2.38. The van der Waals surface area contributed by atoms with Crippen molar-refractivity contribution in [1.29, 1.82) is 0 Å². The van der Waals surface area contributed by atoms with Gasteiger partial charge in [-0.3, -0.25) is 9.88 Å². The molecule has 0 aromatic carbocycles. The van der Waals surface area contributed by atoms with Crippen molar-refractivity contribution in [2.24, 2.45) is 0 Å². The van der Waals surface area contributed by atoms with Crippen molar-refractivity contribution < 1.29 is 0 Å². The molecule has 5 heteroatoms. The minimum Gasteiger partial charge on any atom is -0.366 e. The molecule has 1 N–H and O–H groups in total. The topological polar surface area (TPSA) is 53.9 Å². The van der Waals surface area contributed by atoms with Gasteiger partial charge in [-0.2, -0.15) is 0 Å². The van der Waals surface area contributed by atoms with E-state index in [9.17, 15) is 0 Å². The Labute approximate surface area is 143 Å². The van der Waals surface area contributed by atoms with E-state index in [0.717, 1.165) is 41.0 Å². The van der Waals surface area contributed by atoms with Crippen LogP contribution in [-0.2, 0) is 0 Å². The molecule has 0 spiro atoms. The number of anilines is 1. The van der Waals surface area contributed by atoms with Crippen LogP contribution in [-0.4, -0.2) is 44.5 Å². The van der Waals surface area contributed by atoms with E-state index < -0.39 is 0 Å². The Hall–Kier alpha value is -2.01. The summed E-state index contributed by atoms with van der Waals surface area (Å²) in [7, 11) is 0. The lowest BCUT2D eigenvalue weighted by atomic mass is 10.1. The second kappa shape index (κ2) is 6.13. The van der Waals surface area contributed by atoms with Gasteiger partial charge in [0, 0.05) is 53.9 Å². The average molecular weight is 323 g/mol. The second-order valence-corrected chi connectivity index (χ2v) is 7.20. The van der Waals surface area contributed by atoms with E-state index in [2.05, 4.69) is 41.0 Å². The van der Waals surface area contributed by atoms with Gasteiger partial charge in [0.15, 0.2) is 5.82 Å². The summed E-state index contributed by atoms with van der Waals surface area (Å²) >= 11 is 0. The molecule has 0 radical (unpaired) electrons. The van der Waals surface area contributed by atoms with Crippen molar-refractivity contribution in [3.8, 4) is 11.4 Å². The second-order valence-electron chi connectivity index (χ2n) is 7.20. The highest BCUT2D eigenvalue weighted by atomic mass is 15.3. The Morgan fingerprint density at radius 1 is 1.12 bits per heavy atom. The normalized spacial score (nSPS) is 24.3. The SMILES string of the molecule is Cc1nc(-c2ccncc2)nc(NC2CC(C)N(C3CC3)C2)c1C. The smallest absolute Gasteiger partial charge is 0.161 e. The van der Waals surface area contributed by atoms with Crippen LogP contribution in [0.4, 0.5) is 5.82 Å². The van der Waals surface area contributed by atoms with Gasteiger partial charge in [0.25, 0.3) is 0 Å². The van der Waals surface area contributed by atoms with E-state index in [1.54, 1.807) is 12.4 Å². The van der Waals surface area contributed by atoms with Crippen LogP contribution in [0.1, 0.15) is 37.4 Å².